The number of halogens is 1. The normalized spacial score (nSPS) is 9.75. The second-order valence-electron chi connectivity index (χ2n) is 2.88. The fraction of sp³-hybridized carbons (Fsp3) is 0.300. The molecule has 0 aromatic carbocycles. The molecule has 0 atom stereocenters. The number of nitrogens with one attached hydrogen (secondary N) is 1. The molecule has 0 amide bonds. The highest BCUT2D eigenvalue weighted by molar-refractivity contribution is 7.71. The van der Waals surface area contributed by atoms with Gasteiger partial charge in [-0.25, -0.2) is 9.37 Å². The Bertz CT molecular complexity index is 617. The summed E-state index contributed by atoms with van der Waals surface area (Å²) >= 11 is 4.87. The van der Waals surface area contributed by atoms with E-state index in [0.717, 1.165) is 6.07 Å². The summed E-state index contributed by atoms with van der Waals surface area (Å²) in [5.74, 6) is -0.596. The highest BCUT2D eigenvalue weighted by Gasteiger charge is 2.04. The van der Waals surface area contributed by atoms with Gasteiger partial charge in [-0.3, -0.25) is 4.79 Å². The Morgan fingerprint density at radius 2 is 2.12 bits per heavy atom. The van der Waals surface area contributed by atoms with E-state index < -0.39 is 11.4 Å². The summed E-state index contributed by atoms with van der Waals surface area (Å²) in [6, 6.07) is 0.882. The van der Waals surface area contributed by atoms with E-state index in [2.05, 4.69) is 9.97 Å². The molecule has 0 aliphatic carbocycles. The number of H-pyrrole nitrogens is 1. The van der Waals surface area contributed by atoms with Gasteiger partial charge in [0.15, 0.2) is 0 Å². The van der Waals surface area contributed by atoms with E-state index in [4.69, 9.17) is 12.2 Å². The first kappa shape index (κ1) is 12.5. The van der Waals surface area contributed by atoms with Crippen LogP contribution in [0.2, 0.25) is 0 Å². The second kappa shape index (κ2) is 4.98. The van der Waals surface area contributed by atoms with Gasteiger partial charge in [0.2, 0.25) is 4.77 Å². The Morgan fingerprint density at radius 3 is 2.75 bits per heavy atom. The first-order chi connectivity index (χ1) is 7.58. The molecule has 6 heteroatoms. The summed E-state index contributed by atoms with van der Waals surface area (Å²) in [6.45, 7) is 4.00. The van der Waals surface area contributed by atoms with Crippen LogP contribution in [0, 0.1) is 10.6 Å². The van der Waals surface area contributed by atoms with E-state index >= 15 is 0 Å². The quantitative estimate of drug-likeness (QED) is 0.719. The number of nitrogens with zero attached hydrogens (tertiary/aromatic N) is 2. The molecule has 0 saturated carbocycles. The van der Waals surface area contributed by atoms with Crippen molar-refractivity contribution >= 4 is 23.3 Å². The Hall–Kier alpha value is -1.56. The average molecular weight is 241 g/mol. The molecule has 0 bridgehead atoms. The van der Waals surface area contributed by atoms with Crippen LogP contribution < -0.4 is 5.56 Å². The molecule has 86 valence electrons. The monoisotopic (exact) mass is 241 g/mol. The van der Waals surface area contributed by atoms with Gasteiger partial charge in [0.05, 0.1) is 5.39 Å². The van der Waals surface area contributed by atoms with Crippen LogP contribution in [0.1, 0.15) is 13.8 Å². The first-order valence-corrected chi connectivity index (χ1v) is 5.25. The third-order valence-electron chi connectivity index (χ3n) is 1.84. The Morgan fingerprint density at radius 1 is 1.50 bits per heavy atom. The van der Waals surface area contributed by atoms with Crippen LogP contribution in [0.25, 0.3) is 11.0 Å². The molecule has 16 heavy (non-hydrogen) atoms. The zero-order valence-electron chi connectivity index (χ0n) is 9.24. The number of rotatable bonds is 0. The number of fused-ring (bicyclic) bond motifs is 1. The lowest BCUT2D eigenvalue weighted by Gasteiger charge is -2.01. The Kier molecular flexibility index (Phi) is 3.89. The van der Waals surface area contributed by atoms with Crippen LogP contribution in [0.5, 0.6) is 0 Å². The summed E-state index contributed by atoms with van der Waals surface area (Å²) in [4.78, 5) is 17.2. The van der Waals surface area contributed by atoms with Crippen molar-refractivity contribution in [3.05, 3.63) is 33.2 Å². The Labute approximate surface area is 96.8 Å². The highest BCUT2D eigenvalue weighted by Crippen LogP contribution is 2.09. The van der Waals surface area contributed by atoms with Gasteiger partial charge in [0.25, 0.3) is 5.56 Å². The maximum Gasteiger partial charge on any atom is 0.252 e. The molecule has 2 heterocycles. The molecule has 2 aromatic heterocycles. The van der Waals surface area contributed by atoms with Gasteiger partial charge >= 0.3 is 0 Å². The van der Waals surface area contributed by atoms with E-state index in [-0.39, 0.29) is 11.0 Å². The molecular weight excluding hydrogens is 229 g/mol. The molecule has 2 rings (SSSR count). The van der Waals surface area contributed by atoms with Crippen molar-refractivity contribution in [3.63, 3.8) is 0 Å². The minimum atomic E-state index is -0.596. The van der Waals surface area contributed by atoms with Crippen LogP contribution >= 0.6 is 12.2 Å². The summed E-state index contributed by atoms with van der Waals surface area (Å²) in [5, 5.41) is 0.251. The van der Waals surface area contributed by atoms with E-state index in [1.165, 1.54) is 10.8 Å². The molecule has 0 unspecified atom stereocenters. The lowest BCUT2D eigenvalue weighted by molar-refractivity contribution is 0.634. The van der Waals surface area contributed by atoms with Crippen LogP contribution in [-0.2, 0) is 7.05 Å². The fourth-order valence-corrected chi connectivity index (χ4v) is 1.30. The summed E-state index contributed by atoms with van der Waals surface area (Å²) < 4.78 is 15.1. The van der Waals surface area contributed by atoms with Crippen molar-refractivity contribution in [2.45, 2.75) is 13.8 Å². The van der Waals surface area contributed by atoms with Gasteiger partial charge in [-0.15, -0.1) is 0 Å². The van der Waals surface area contributed by atoms with Crippen LogP contribution in [-0.4, -0.2) is 14.5 Å². The fourth-order valence-electron chi connectivity index (χ4n) is 1.16. The number of aryl methyl sites for hydroxylation is 1. The van der Waals surface area contributed by atoms with Crippen molar-refractivity contribution < 1.29 is 4.39 Å². The maximum atomic E-state index is 13.3. The molecular formula is C10H12FN3OS. The minimum Gasteiger partial charge on any atom is -0.326 e. The van der Waals surface area contributed by atoms with Gasteiger partial charge in [-0.1, -0.05) is 13.8 Å². The highest BCUT2D eigenvalue weighted by atomic mass is 32.1. The molecule has 0 spiro atoms. The van der Waals surface area contributed by atoms with Gasteiger partial charge in [-0.2, -0.15) is 0 Å². The number of aromatic nitrogens is 3. The first-order valence-electron chi connectivity index (χ1n) is 4.84. The SMILES string of the molecule is CC.Cn1cc2c(F)cc(=O)[nH]c2nc1=S. The standard InChI is InChI=1S/C8H6FN3OS.C2H6/c1-12-3-4-5(9)2-6(13)10-7(4)11-8(12)14;1-2/h2-3H,1H3,(H,10,11,13,14);1-2H3. The Balaban J connectivity index is 0.000000606. The van der Waals surface area contributed by atoms with Crippen molar-refractivity contribution in [1.82, 2.24) is 14.5 Å². The molecule has 2 aromatic rings. The largest absolute Gasteiger partial charge is 0.326 e. The topological polar surface area (TPSA) is 50.7 Å². The lowest BCUT2D eigenvalue weighted by Crippen LogP contribution is -2.08. The molecule has 4 nitrogen and oxygen atoms in total. The van der Waals surface area contributed by atoms with Gasteiger partial charge in [-0.05, 0) is 12.2 Å². The minimum absolute atomic E-state index is 0.179. The number of aromatic amines is 1. The smallest absolute Gasteiger partial charge is 0.252 e. The second-order valence-corrected chi connectivity index (χ2v) is 3.24. The van der Waals surface area contributed by atoms with Gasteiger partial charge < -0.3 is 9.55 Å². The summed E-state index contributed by atoms with van der Waals surface area (Å²) in [7, 11) is 1.67. The van der Waals surface area contributed by atoms with E-state index in [9.17, 15) is 9.18 Å². The molecule has 0 aliphatic rings. The van der Waals surface area contributed by atoms with Gasteiger partial charge in [0, 0.05) is 19.3 Å². The van der Waals surface area contributed by atoms with E-state index in [0.29, 0.717) is 4.77 Å². The molecule has 0 aliphatic heterocycles. The van der Waals surface area contributed by atoms with Crippen LogP contribution in [0.3, 0.4) is 0 Å². The average Bonchev–Trinajstić information content (AvgIpc) is 2.24. The number of pyridine rings is 1. The van der Waals surface area contributed by atoms with Gasteiger partial charge in [0.1, 0.15) is 11.5 Å². The van der Waals surface area contributed by atoms with Crippen molar-refractivity contribution in [2.75, 3.05) is 0 Å². The zero-order valence-corrected chi connectivity index (χ0v) is 10.1. The van der Waals surface area contributed by atoms with Crippen LogP contribution in [0.4, 0.5) is 4.39 Å². The molecule has 1 N–H and O–H groups in total. The molecule has 0 fully saturated rings. The predicted octanol–water partition coefficient (Wildman–Crippen LogP) is 2.16. The lowest BCUT2D eigenvalue weighted by atomic mass is 10.3. The zero-order chi connectivity index (χ0) is 12.3. The van der Waals surface area contributed by atoms with Crippen LogP contribution in [0.15, 0.2) is 17.1 Å². The third-order valence-corrected chi connectivity index (χ3v) is 2.22. The number of hydrogen-bond acceptors (Lipinski definition) is 3. The third kappa shape index (κ3) is 2.33. The predicted molar refractivity (Wildman–Crippen MR) is 63.5 cm³/mol. The maximum absolute atomic E-state index is 13.3. The molecule has 0 saturated heterocycles. The summed E-state index contributed by atoms with van der Waals surface area (Å²) in [5.41, 5.74) is -0.344. The summed E-state index contributed by atoms with van der Waals surface area (Å²) in [6.07, 6.45) is 1.50. The van der Waals surface area contributed by atoms with Crippen molar-refractivity contribution in [2.24, 2.45) is 7.05 Å². The van der Waals surface area contributed by atoms with E-state index in [1.54, 1.807) is 7.05 Å². The van der Waals surface area contributed by atoms with Crippen molar-refractivity contribution in [1.29, 1.82) is 0 Å². The number of hydrogen-bond donors (Lipinski definition) is 1. The molecule has 0 radical (unpaired) electrons. The van der Waals surface area contributed by atoms with E-state index in [1.807, 2.05) is 13.8 Å². The van der Waals surface area contributed by atoms with Crippen molar-refractivity contribution in [3.8, 4) is 0 Å².